The molecule has 0 atom stereocenters. The topological polar surface area (TPSA) is 58.6 Å². The molecule has 5 nitrogen and oxygen atoms in total. The van der Waals surface area contributed by atoms with E-state index >= 15 is 0 Å². The zero-order chi connectivity index (χ0) is 16.7. The number of hydrogen-bond donors (Lipinski definition) is 1. The summed E-state index contributed by atoms with van der Waals surface area (Å²) in [5.41, 5.74) is 1.16. The van der Waals surface area contributed by atoms with Crippen LogP contribution < -0.4 is 5.32 Å². The molecule has 0 bridgehead atoms. The average molecular weight is 316 g/mol. The Morgan fingerprint density at radius 1 is 1.22 bits per heavy atom. The molecule has 2 aliphatic heterocycles. The van der Waals surface area contributed by atoms with Gasteiger partial charge in [-0.15, -0.1) is 0 Å². The van der Waals surface area contributed by atoms with Crippen molar-refractivity contribution in [3.05, 3.63) is 35.4 Å². The van der Waals surface area contributed by atoms with Crippen molar-refractivity contribution >= 4 is 12.0 Å². The van der Waals surface area contributed by atoms with Crippen LogP contribution in [0, 0.1) is 0 Å². The van der Waals surface area contributed by atoms with Gasteiger partial charge in [0, 0.05) is 24.2 Å². The van der Waals surface area contributed by atoms with Crippen LogP contribution in [0.3, 0.4) is 0 Å². The van der Waals surface area contributed by atoms with Gasteiger partial charge in [0.25, 0.3) is 5.91 Å². The van der Waals surface area contributed by atoms with Gasteiger partial charge >= 0.3 is 6.09 Å². The molecule has 0 radical (unpaired) electrons. The molecule has 1 aromatic rings. The lowest BCUT2D eigenvalue weighted by Gasteiger charge is -2.45. The summed E-state index contributed by atoms with van der Waals surface area (Å²) in [5.74, 6) is -0.00225. The second-order valence-electron chi connectivity index (χ2n) is 7.54. The molecule has 0 saturated carbocycles. The Kier molecular flexibility index (Phi) is 3.82. The van der Waals surface area contributed by atoms with E-state index in [-0.39, 0.29) is 17.5 Å². The van der Waals surface area contributed by atoms with E-state index in [9.17, 15) is 9.59 Å². The number of nitrogens with one attached hydrogen (secondary N) is 1. The monoisotopic (exact) mass is 316 g/mol. The highest BCUT2D eigenvalue weighted by atomic mass is 16.6. The highest BCUT2D eigenvalue weighted by Gasteiger charge is 2.41. The van der Waals surface area contributed by atoms with Gasteiger partial charge in [-0.3, -0.25) is 4.79 Å². The summed E-state index contributed by atoms with van der Waals surface area (Å²) in [6.45, 7) is 6.83. The van der Waals surface area contributed by atoms with Gasteiger partial charge < -0.3 is 15.0 Å². The van der Waals surface area contributed by atoms with E-state index in [4.69, 9.17) is 4.74 Å². The van der Waals surface area contributed by atoms with E-state index in [1.807, 2.05) is 45.0 Å². The van der Waals surface area contributed by atoms with Crippen LogP contribution >= 0.6 is 0 Å². The summed E-state index contributed by atoms with van der Waals surface area (Å²) in [4.78, 5) is 26.2. The van der Waals surface area contributed by atoms with Crippen molar-refractivity contribution in [2.45, 2.75) is 51.2 Å². The predicted molar refractivity (Wildman–Crippen MR) is 87.4 cm³/mol. The molecule has 5 heteroatoms. The fourth-order valence-electron chi connectivity index (χ4n) is 3.36. The highest BCUT2D eigenvalue weighted by molar-refractivity contribution is 5.97. The maximum Gasteiger partial charge on any atom is 0.410 e. The van der Waals surface area contributed by atoms with E-state index in [1.54, 1.807) is 4.90 Å². The van der Waals surface area contributed by atoms with E-state index in [0.29, 0.717) is 13.1 Å². The van der Waals surface area contributed by atoms with E-state index in [0.717, 1.165) is 30.4 Å². The number of hydrogen-bond acceptors (Lipinski definition) is 3. The van der Waals surface area contributed by atoms with Crippen LogP contribution in [0.2, 0.25) is 0 Å². The minimum Gasteiger partial charge on any atom is -0.444 e. The molecular weight excluding hydrogens is 292 g/mol. The van der Waals surface area contributed by atoms with E-state index < -0.39 is 5.60 Å². The Morgan fingerprint density at radius 3 is 2.52 bits per heavy atom. The van der Waals surface area contributed by atoms with E-state index in [1.165, 1.54) is 0 Å². The first-order valence-corrected chi connectivity index (χ1v) is 8.16. The second kappa shape index (κ2) is 5.55. The molecule has 0 aliphatic carbocycles. The summed E-state index contributed by atoms with van der Waals surface area (Å²) in [6, 6.07) is 7.76. The maximum absolute atomic E-state index is 12.3. The third kappa shape index (κ3) is 3.33. The van der Waals surface area contributed by atoms with Gasteiger partial charge in [-0.2, -0.15) is 0 Å². The van der Waals surface area contributed by atoms with Crippen LogP contribution in [0.1, 0.15) is 49.5 Å². The van der Waals surface area contributed by atoms with Crippen LogP contribution in [-0.2, 0) is 11.2 Å². The number of benzene rings is 1. The summed E-state index contributed by atoms with van der Waals surface area (Å²) >= 11 is 0. The van der Waals surface area contributed by atoms with Gasteiger partial charge in [0.15, 0.2) is 0 Å². The summed E-state index contributed by atoms with van der Waals surface area (Å²) in [6.07, 6.45) is 2.07. The van der Waals surface area contributed by atoms with Crippen molar-refractivity contribution in [3.63, 3.8) is 0 Å². The third-order valence-electron chi connectivity index (χ3n) is 4.54. The normalized spacial score (nSPS) is 20.0. The van der Waals surface area contributed by atoms with Gasteiger partial charge in [0.1, 0.15) is 5.60 Å². The number of rotatable bonds is 0. The summed E-state index contributed by atoms with van der Waals surface area (Å²) in [5, 5.41) is 3.18. The van der Waals surface area contributed by atoms with Crippen molar-refractivity contribution in [1.29, 1.82) is 0 Å². The van der Waals surface area contributed by atoms with Gasteiger partial charge in [-0.25, -0.2) is 4.79 Å². The Balaban J connectivity index is 1.67. The lowest BCUT2D eigenvalue weighted by molar-refractivity contribution is 0.0145. The molecule has 0 unspecified atom stereocenters. The largest absolute Gasteiger partial charge is 0.444 e. The molecule has 1 fully saturated rings. The molecule has 3 rings (SSSR count). The minimum absolute atomic E-state index is 0.00225. The minimum atomic E-state index is -0.482. The molecule has 0 aromatic heterocycles. The van der Waals surface area contributed by atoms with E-state index in [2.05, 4.69) is 5.32 Å². The third-order valence-corrected chi connectivity index (χ3v) is 4.54. The van der Waals surface area contributed by atoms with Crippen molar-refractivity contribution in [1.82, 2.24) is 10.2 Å². The average Bonchev–Trinajstić information content (AvgIpc) is 2.46. The zero-order valence-electron chi connectivity index (χ0n) is 14.0. The first kappa shape index (κ1) is 15.8. The number of likely N-dealkylation sites (tertiary alicyclic amines) is 1. The van der Waals surface area contributed by atoms with Crippen LogP contribution in [0.4, 0.5) is 4.79 Å². The van der Waals surface area contributed by atoms with Gasteiger partial charge in [-0.05, 0) is 51.7 Å². The lowest BCUT2D eigenvalue weighted by Crippen LogP contribution is -2.59. The Hall–Kier alpha value is -2.04. The molecule has 2 heterocycles. The number of nitrogens with zero attached hydrogens (tertiary/aromatic N) is 1. The van der Waals surface area contributed by atoms with Crippen LogP contribution in [0.25, 0.3) is 0 Å². The molecular formula is C18H24N2O3. The molecule has 1 spiro atoms. The first-order valence-electron chi connectivity index (χ1n) is 8.16. The molecule has 23 heavy (non-hydrogen) atoms. The number of amides is 2. The molecule has 124 valence electrons. The standard InChI is InChI=1S/C18H24N2O3/c1-17(2,3)23-16(22)20-10-8-18(9-11-20)12-13-6-4-5-7-14(13)15(21)19-18/h4-7H,8-12H2,1-3H3,(H,19,21). The Morgan fingerprint density at radius 2 is 1.87 bits per heavy atom. The second-order valence-corrected chi connectivity index (χ2v) is 7.54. The number of piperidine rings is 1. The lowest BCUT2D eigenvalue weighted by atomic mass is 9.78. The maximum atomic E-state index is 12.3. The van der Waals surface area contributed by atoms with Crippen molar-refractivity contribution in [2.24, 2.45) is 0 Å². The molecule has 1 N–H and O–H groups in total. The highest BCUT2D eigenvalue weighted by Crippen LogP contribution is 2.32. The Labute approximate surface area is 137 Å². The zero-order valence-corrected chi connectivity index (χ0v) is 14.0. The summed E-state index contributed by atoms with van der Waals surface area (Å²) in [7, 11) is 0. The Bertz CT molecular complexity index is 625. The van der Waals surface area contributed by atoms with Crippen LogP contribution in [-0.4, -0.2) is 41.1 Å². The number of carbonyl (C=O) groups excluding carboxylic acids is 2. The van der Waals surface area contributed by atoms with Gasteiger partial charge in [0.05, 0.1) is 0 Å². The number of ether oxygens (including phenoxy) is 1. The smallest absolute Gasteiger partial charge is 0.410 e. The molecule has 1 saturated heterocycles. The quantitative estimate of drug-likeness (QED) is 0.800. The SMILES string of the molecule is CC(C)(C)OC(=O)N1CCC2(CC1)Cc1ccccc1C(=O)N2. The predicted octanol–water partition coefficient (Wildman–Crippen LogP) is 2.74. The van der Waals surface area contributed by atoms with Crippen molar-refractivity contribution in [2.75, 3.05) is 13.1 Å². The van der Waals surface area contributed by atoms with Gasteiger partial charge in [-0.1, -0.05) is 18.2 Å². The molecule has 2 aliphatic rings. The first-order chi connectivity index (χ1) is 10.8. The fourth-order valence-corrected chi connectivity index (χ4v) is 3.36. The van der Waals surface area contributed by atoms with Crippen LogP contribution in [0.5, 0.6) is 0 Å². The van der Waals surface area contributed by atoms with Crippen molar-refractivity contribution < 1.29 is 14.3 Å². The summed E-state index contributed by atoms with van der Waals surface area (Å²) < 4.78 is 5.43. The molecule has 1 aromatic carbocycles. The molecule has 2 amide bonds. The number of carbonyl (C=O) groups is 2. The number of fused-ring (bicyclic) bond motifs is 1. The fraction of sp³-hybridized carbons (Fsp3) is 0.556. The van der Waals surface area contributed by atoms with Gasteiger partial charge in [0.2, 0.25) is 0 Å². The van der Waals surface area contributed by atoms with Crippen molar-refractivity contribution in [3.8, 4) is 0 Å². The van der Waals surface area contributed by atoms with Crippen LogP contribution in [0.15, 0.2) is 24.3 Å².